The average molecular weight is 332 g/mol. The molecule has 1 aromatic carbocycles. The number of anilines is 1. The van der Waals surface area contributed by atoms with Gasteiger partial charge in [-0.2, -0.15) is 0 Å². The van der Waals surface area contributed by atoms with Crippen molar-refractivity contribution in [2.75, 3.05) is 11.4 Å². The van der Waals surface area contributed by atoms with Crippen molar-refractivity contribution in [3.8, 4) is 0 Å². The Labute approximate surface area is 147 Å². The lowest BCUT2D eigenvalue weighted by Gasteiger charge is -2.25. The van der Waals surface area contributed by atoms with Gasteiger partial charge in [-0.25, -0.2) is 0 Å². The van der Waals surface area contributed by atoms with Crippen LogP contribution >= 0.6 is 0 Å². The molecule has 0 radical (unpaired) electrons. The summed E-state index contributed by atoms with van der Waals surface area (Å²) in [7, 11) is 0. The first-order valence-electron chi connectivity index (χ1n) is 9.72. The highest BCUT2D eigenvalue weighted by Gasteiger charge is 2.35. The number of unbranched alkanes of at least 4 members (excludes halogenated alkanes) is 6. The fourth-order valence-electron chi connectivity index (χ4n) is 3.77. The summed E-state index contributed by atoms with van der Waals surface area (Å²) in [5.74, 6) is -0.905. The third-order valence-electron chi connectivity index (χ3n) is 5.41. The maximum atomic E-state index is 11.2. The number of rotatable bonds is 10. The van der Waals surface area contributed by atoms with E-state index in [-0.39, 0.29) is 12.0 Å². The minimum Gasteiger partial charge on any atom is -0.481 e. The van der Waals surface area contributed by atoms with Crippen LogP contribution in [-0.2, 0) is 11.2 Å². The number of carbonyl (C=O) groups is 1. The molecule has 3 heteroatoms. The Balaban J connectivity index is 1.74. The molecule has 1 aromatic rings. The lowest BCUT2D eigenvalue weighted by atomic mass is 10.0. The normalized spacial score (nSPS) is 20.5. The average Bonchev–Trinajstić information content (AvgIpc) is 2.96. The summed E-state index contributed by atoms with van der Waals surface area (Å²) in [4.78, 5) is 13.5. The zero-order valence-corrected chi connectivity index (χ0v) is 15.3. The number of carboxylic acids is 1. The van der Waals surface area contributed by atoms with Crippen LogP contribution in [-0.4, -0.2) is 23.7 Å². The van der Waals surface area contributed by atoms with Crippen molar-refractivity contribution in [2.45, 2.75) is 77.7 Å². The van der Waals surface area contributed by atoms with Crippen LogP contribution in [0.5, 0.6) is 0 Å². The fraction of sp³-hybridized carbons (Fsp3) is 0.667. The Morgan fingerprint density at radius 3 is 2.29 bits per heavy atom. The van der Waals surface area contributed by atoms with Gasteiger partial charge in [0.1, 0.15) is 0 Å². The predicted molar refractivity (Wildman–Crippen MR) is 101 cm³/mol. The molecular weight excluding hydrogens is 298 g/mol. The molecule has 0 unspecified atom stereocenters. The van der Waals surface area contributed by atoms with E-state index in [1.807, 2.05) is 6.92 Å². The van der Waals surface area contributed by atoms with Crippen molar-refractivity contribution in [2.24, 2.45) is 5.92 Å². The second-order valence-electron chi connectivity index (χ2n) is 7.21. The van der Waals surface area contributed by atoms with Crippen LogP contribution in [0.3, 0.4) is 0 Å². The van der Waals surface area contributed by atoms with Crippen molar-refractivity contribution in [3.63, 3.8) is 0 Å². The summed E-state index contributed by atoms with van der Waals surface area (Å²) in [5, 5.41) is 9.25. The molecule has 24 heavy (non-hydrogen) atoms. The molecule has 0 aliphatic carbocycles. The maximum absolute atomic E-state index is 11.2. The molecule has 0 spiro atoms. The van der Waals surface area contributed by atoms with Gasteiger partial charge in [0.15, 0.2) is 0 Å². The maximum Gasteiger partial charge on any atom is 0.308 e. The molecule has 0 amide bonds. The topological polar surface area (TPSA) is 40.5 Å². The number of benzene rings is 1. The Kier molecular flexibility index (Phi) is 7.61. The van der Waals surface area contributed by atoms with Crippen LogP contribution < -0.4 is 4.90 Å². The van der Waals surface area contributed by atoms with E-state index in [0.717, 1.165) is 25.1 Å². The number of aryl methyl sites for hydroxylation is 1. The summed E-state index contributed by atoms with van der Waals surface area (Å²) >= 11 is 0. The SMILES string of the molecule is CCCCCCCCCc1ccc(N2CC[C@H](C(=O)O)[C@H]2C)cc1. The molecule has 0 saturated carbocycles. The molecule has 134 valence electrons. The Morgan fingerprint density at radius 2 is 1.71 bits per heavy atom. The summed E-state index contributed by atoms with van der Waals surface area (Å²) in [6, 6.07) is 8.84. The molecular formula is C21H33NO2. The fourth-order valence-corrected chi connectivity index (χ4v) is 3.77. The molecule has 2 rings (SSSR count). The first kappa shape index (κ1) is 18.8. The van der Waals surface area contributed by atoms with Gasteiger partial charge in [-0.05, 0) is 43.9 Å². The highest BCUT2D eigenvalue weighted by Crippen LogP contribution is 2.30. The number of carboxylic acid groups (broad SMARTS) is 1. The van der Waals surface area contributed by atoms with E-state index in [4.69, 9.17) is 0 Å². The lowest BCUT2D eigenvalue weighted by Crippen LogP contribution is -2.32. The Morgan fingerprint density at radius 1 is 1.08 bits per heavy atom. The number of aliphatic carboxylic acids is 1. The molecule has 1 aliphatic rings. The highest BCUT2D eigenvalue weighted by molar-refractivity contribution is 5.73. The van der Waals surface area contributed by atoms with E-state index >= 15 is 0 Å². The van der Waals surface area contributed by atoms with E-state index in [0.29, 0.717) is 0 Å². The van der Waals surface area contributed by atoms with E-state index in [1.54, 1.807) is 0 Å². The molecule has 2 atom stereocenters. The second kappa shape index (κ2) is 9.71. The largest absolute Gasteiger partial charge is 0.481 e. The molecule has 3 nitrogen and oxygen atoms in total. The van der Waals surface area contributed by atoms with Gasteiger partial charge in [0.05, 0.1) is 5.92 Å². The number of hydrogen-bond acceptors (Lipinski definition) is 2. The zero-order valence-electron chi connectivity index (χ0n) is 15.3. The molecule has 1 N–H and O–H groups in total. The van der Waals surface area contributed by atoms with E-state index in [9.17, 15) is 9.90 Å². The molecule has 1 saturated heterocycles. The van der Waals surface area contributed by atoms with Gasteiger partial charge >= 0.3 is 5.97 Å². The van der Waals surface area contributed by atoms with Crippen LogP contribution in [0.1, 0.15) is 70.8 Å². The van der Waals surface area contributed by atoms with Gasteiger partial charge in [0, 0.05) is 18.3 Å². The van der Waals surface area contributed by atoms with Gasteiger partial charge in [-0.15, -0.1) is 0 Å². The van der Waals surface area contributed by atoms with Crippen LogP contribution in [0.25, 0.3) is 0 Å². The summed E-state index contributed by atoms with van der Waals surface area (Å²) in [5.41, 5.74) is 2.56. The van der Waals surface area contributed by atoms with Crippen molar-refractivity contribution in [1.29, 1.82) is 0 Å². The first-order valence-corrected chi connectivity index (χ1v) is 9.72. The molecule has 1 heterocycles. The molecule has 1 fully saturated rings. The van der Waals surface area contributed by atoms with Crippen molar-refractivity contribution >= 4 is 11.7 Å². The highest BCUT2D eigenvalue weighted by atomic mass is 16.4. The lowest BCUT2D eigenvalue weighted by molar-refractivity contribution is -0.141. The smallest absolute Gasteiger partial charge is 0.308 e. The van der Waals surface area contributed by atoms with Crippen molar-refractivity contribution in [1.82, 2.24) is 0 Å². The van der Waals surface area contributed by atoms with Crippen LogP contribution in [0.2, 0.25) is 0 Å². The van der Waals surface area contributed by atoms with E-state index < -0.39 is 5.97 Å². The summed E-state index contributed by atoms with van der Waals surface area (Å²) in [6.07, 6.45) is 11.3. The minimum absolute atomic E-state index is 0.0801. The molecule has 1 aliphatic heterocycles. The van der Waals surface area contributed by atoms with Gasteiger partial charge in [0.2, 0.25) is 0 Å². The van der Waals surface area contributed by atoms with Crippen LogP contribution in [0.15, 0.2) is 24.3 Å². The van der Waals surface area contributed by atoms with Crippen LogP contribution in [0.4, 0.5) is 5.69 Å². The Bertz CT molecular complexity index is 497. The standard InChI is InChI=1S/C21H33NO2/c1-3-4-5-6-7-8-9-10-18-11-13-19(14-12-18)22-16-15-20(17(22)2)21(23)24/h11-14,17,20H,3-10,15-16H2,1-2H3,(H,23,24)/t17-,20+/m1/s1. The van der Waals surface area contributed by atoms with Crippen molar-refractivity contribution < 1.29 is 9.90 Å². The van der Waals surface area contributed by atoms with Gasteiger partial charge < -0.3 is 10.0 Å². The number of nitrogens with zero attached hydrogens (tertiary/aromatic N) is 1. The second-order valence-corrected chi connectivity index (χ2v) is 7.21. The first-order chi connectivity index (χ1) is 11.6. The summed E-state index contributed by atoms with van der Waals surface area (Å²) < 4.78 is 0. The summed E-state index contributed by atoms with van der Waals surface area (Å²) in [6.45, 7) is 5.13. The van der Waals surface area contributed by atoms with E-state index in [1.165, 1.54) is 50.5 Å². The Hall–Kier alpha value is -1.51. The number of hydrogen-bond donors (Lipinski definition) is 1. The third kappa shape index (κ3) is 5.25. The predicted octanol–water partition coefficient (Wildman–Crippen LogP) is 5.28. The van der Waals surface area contributed by atoms with Crippen molar-refractivity contribution in [3.05, 3.63) is 29.8 Å². The molecule has 0 bridgehead atoms. The van der Waals surface area contributed by atoms with E-state index in [2.05, 4.69) is 36.1 Å². The van der Waals surface area contributed by atoms with Crippen LogP contribution in [0, 0.1) is 5.92 Å². The monoisotopic (exact) mass is 331 g/mol. The minimum atomic E-state index is -0.666. The third-order valence-corrected chi connectivity index (χ3v) is 5.41. The van der Waals surface area contributed by atoms with Gasteiger partial charge in [-0.3, -0.25) is 4.79 Å². The molecule has 0 aromatic heterocycles. The van der Waals surface area contributed by atoms with Gasteiger partial charge in [-0.1, -0.05) is 57.6 Å². The quantitative estimate of drug-likeness (QED) is 0.593. The van der Waals surface area contributed by atoms with Gasteiger partial charge in [0.25, 0.3) is 0 Å². The zero-order chi connectivity index (χ0) is 17.4.